The summed E-state index contributed by atoms with van der Waals surface area (Å²) in [6.45, 7) is 1.76. The van der Waals surface area contributed by atoms with Crippen molar-refractivity contribution in [2.75, 3.05) is 13.2 Å². The molecule has 4 aromatic rings. The van der Waals surface area contributed by atoms with Crippen LogP contribution in [-0.4, -0.2) is 58.7 Å². The summed E-state index contributed by atoms with van der Waals surface area (Å²) in [6.07, 6.45) is 3.27. The van der Waals surface area contributed by atoms with Gasteiger partial charge in [-0.15, -0.1) is 0 Å². The largest absolute Gasteiger partial charge is 0.489 e. The van der Waals surface area contributed by atoms with Crippen LogP contribution in [0.2, 0.25) is 0 Å². The lowest BCUT2D eigenvalue weighted by Gasteiger charge is -2.28. The molecule has 6 rings (SSSR count). The number of nitrogens with one attached hydrogen (secondary N) is 1. The number of fused-ring (bicyclic) bond motifs is 1. The van der Waals surface area contributed by atoms with Crippen molar-refractivity contribution in [3.8, 4) is 17.0 Å². The van der Waals surface area contributed by atoms with Crippen LogP contribution in [0.3, 0.4) is 0 Å². The number of alkyl carbamates (subject to hydrolysis) is 1. The SMILES string of the molecule is NN(Cc1ccc(-c2ccccn2)cc1)C[C@H](O)[C@H](Cc1ccc(OCc2ccccc2)cc1)NC(=O)O[C@H]1CC[C@H]2OCC[C@@H]12. The number of nitrogens with two attached hydrogens (primary N) is 1. The molecule has 1 amide bonds. The van der Waals surface area contributed by atoms with Crippen molar-refractivity contribution < 1.29 is 24.1 Å². The van der Waals surface area contributed by atoms with Gasteiger partial charge >= 0.3 is 6.09 Å². The number of benzene rings is 3. The molecule has 0 bridgehead atoms. The third-order valence-corrected chi connectivity index (χ3v) is 8.85. The molecule has 1 aliphatic carbocycles. The molecule has 2 fully saturated rings. The molecule has 1 aromatic heterocycles. The topological polar surface area (TPSA) is 119 Å². The smallest absolute Gasteiger partial charge is 0.407 e. The Bertz CT molecular complexity index is 1520. The van der Waals surface area contributed by atoms with Crippen molar-refractivity contribution in [2.24, 2.45) is 11.8 Å². The highest BCUT2D eigenvalue weighted by Gasteiger charge is 2.42. The fourth-order valence-corrected chi connectivity index (χ4v) is 6.38. The van der Waals surface area contributed by atoms with Crippen molar-refractivity contribution in [3.05, 3.63) is 120 Å². The predicted octanol–water partition coefficient (Wildman–Crippen LogP) is 5.27. The van der Waals surface area contributed by atoms with Crippen LogP contribution in [0.5, 0.6) is 5.75 Å². The summed E-state index contributed by atoms with van der Waals surface area (Å²) in [4.78, 5) is 17.5. The minimum absolute atomic E-state index is 0.146. The second-order valence-electron chi connectivity index (χ2n) is 12.2. The summed E-state index contributed by atoms with van der Waals surface area (Å²) in [5.74, 6) is 7.38. The fraction of sp³-hybridized carbons (Fsp3) is 0.351. The van der Waals surface area contributed by atoms with E-state index in [2.05, 4.69) is 10.3 Å². The lowest BCUT2D eigenvalue weighted by atomic mass is 10.0. The maximum Gasteiger partial charge on any atom is 0.407 e. The number of carbonyl (C=O) groups is 1. The van der Waals surface area contributed by atoms with Crippen LogP contribution in [0.1, 0.15) is 36.0 Å². The summed E-state index contributed by atoms with van der Waals surface area (Å²) >= 11 is 0. The summed E-state index contributed by atoms with van der Waals surface area (Å²) < 4.78 is 17.6. The molecule has 1 saturated carbocycles. The van der Waals surface area contributed by atoms with Gasteiger partial charge in [-0.2, -0.15) is 0 Å². The van der Waals surface area contributed by atoms with Gasteiger partial charge in [0.25, 0.3) is 0 Å². The van der Waals surface area contributed by atoms with E-state index in [0.29, 0.717) is 26.2 Å². The summed E-state index contributed by atoms with van der Waals surface area (Å²) in [7, 11) is 0. The van der Waals surface area contributed by atoms with Gasteiger partial charge in [0.1, 0.15) is 18.5 Å². The van der Waals surface area contributed by atoms with Gasteiger partial charge in [0.05, 0.1) is 23.9 Å². The van der Waals surface area contributed by atoms with Gasteiger partial charge in [-0.1, -0.05) is 72.8 Å². The monoisotopic (exact) mass is 622 g/mol. The summed E-state index contributed by atoms with van der Waals surface area (Å²) in [5, 5.41) is 15.9. The minimum Gasteiger partial charge on any atom is -0.489 e. The number of hydrazine groups is 1. The Kier molecular flexibility index (Phi) is 10.6. The molecule has 1 saturated heterocycles. The second-order valence-corrected chi connectivity index (χ2v) is 12.2. The second kappa shape index (κ2) is 15.3. The number of pyridine rings is 1. The van der Waals surface area contributed by atoms with Crippen LogP contribution >= 0.6 is 0 Å². The number of hydrogen-bond acceptors (Lipinski definition) is 8. The molecule has 3 aromatic carbocycles. The maximum atomic E-state index is 13.1. The average molecular weight is 623 g/mol. The number of nitrogens with zero attached hydrogens (tertiary/aromatic N) is 2. The quantitative estimate of drug-likeness (QED) is 0.136. The van der Waals surface area contributed by atoms with E-state index in [-0.39, 0.29) is 24.7 Å². The molecule has 1 aliphatic heterocycles. The summed E-state index contributed by atoms with van der Waals surface area (Å²) in [6, 6.07) is 30.9. The van der Waals surface area contributed by atoms with E-state index in [1.165, 1.54) is 0 Å². The molecule has 5 atom stereocenters. The van der Waals surface area contributed by atoms with Gasteiger partial charge in [0.2, 0.25) is 0 Å². The number of rotatable bonds is 13. The number of aliphatic hydroxyl groups is 1. The number of aromatic nitrogens is 1. The molecular weight excluding hydrogens is 580 g/mol. The Balaban J connectivity index is 1.08. The molecule has 2 heterocycles. The highest BCUT2D eigenvalue weighted by Crippen LogP contribution is 2.37. The molecule has 4 N–H and O–H groups in total. The van der Waals surface area contributed by atoms with Crippen molar-refractivity contribution in [3.63, 3.8) is 0 Å². The molecular formula is C37H42N4O5. The molecule has 2 aliphatic rings. The Labute approximate surface area is 270 Å². The summed E-state index contributed by atoms with van der Waals surface area (Å²) in [5.41, 5.74) is 4.95. The first-order valence-electron chi connectivity index (χ1n) is 16.0. The highest BCUT2D eigenvalue weighted by molar-refractivity contribution is 5.68. The van der Waals surface area contributed by atoms with Crippen molar-refractivity contribution in [1.29, 1.82) is 0 Å². The number of hydrogen-bond donors (Lipinski definition) is 3. The van der Waals surface area contributed by atoms with Gasteiger partial charge in [-0.3, -0.25) is 10.8 Å². The van der Waals surface area contributed by atoms with Gasteiger partial charge in [0, 0.05) is 37.4 Å². The van der Waals surface area contributed by atoms with Crippen LogP contribution < -0.4 is 15.9 Å². The Morgan fingerprint density at radius 2 is 1.70 bits per heavy atom. The molecule has 0 spiro atoms. The van der Waals surface area contributed by atoms with Crippen LogP contribution in [0.4, 0.5) is 4.79 Å². The van der Waals surface area contributed by atoms with Crippen molar-refractivity contribution >= 4 is 6.09 Å². The number of aliphatic hydroxyl groups excluding tert-OH is 1. The van der Waals surface area contributed by atoms with Crippen LogP contribution in [0.15, 0.2) is 103 Å². The van der Waals surface area contributed by atoms with Gasteiger partial charge in [-0.05, 0) is 66.6 Å². The van der Waals surface area contributed by atoms with Crippen LogP contribution in [-0.2, 0) is 29.0 Å². The Morgan fingerprint density at radius 1 is 0.935 bits per heavy atom. The van der Waals surface area contributed by atoms with E-state index in [1.54, 1.807) is 11.2 Å². The molecule has 0 radical (unpaired) electrons. The zero-order valence-electron chi connectivity index (χ0n) is 25.9. The third kappa shape index (κ3) is 8.50. The van der Waals surface area contributed by atoms with E-state index < -0.39 is 18.2 Å². The lowest BCUT2D eigenvalue weighted by Crippen LogP contribution is -2.51. The van der Waals surface area contributed by atoms with Gasteiger partial charge in [0.15, 0.2) is 0 Å². The van der Waals surface area contributed by atoms with E-state index in [4.69, 9.17) is 20.1 Å². The number of carbonyl (C=O) groups excluding carboxylic acids is 1. The molecule has 9 heteroatoms. The van der Waals surface area contributed by atoms with Gasteiger partial charge < -0.3 is 24.6 Å². The van der Waals surface area contributed by atoms with Crippen LogP contribution in [0, 0.1) is 5.92 Å². The first kappa shape index (κ1) is 31.7. The fourth-order valence-electron chi connectivity index (χ4n) is 6.38. The van der Waals surface area contributed by atoms with Crippen LogP contribution in [0.25, 0.3) is 11.3 Å². The minimum atomic E-state index is -0.953. The zero-order valence-corrected chi connectivity index (χ0v) is 25.9. The number of amides is 1. The predicted molar refractivity (Wildman–Crippen MR) is 175 cm³/mol. The van der Waals surface area contributed by atoms with Crippen molar-refractivity contribution in [2.45, 2.75) is 63.2 Å². The third-order valence-electron chi connectivity index (χ3n) is 8.85. The van der Waals surface area contributed by atoms with Gasteiger partial charge in [-0.25, -0.2) is 9.80 Å². The molecule has 46 heavy (non-hydrogen) atoms. The van der Waals surface area contributed by atoms with E-state index in [9.17, 15) is 9.90 Å². The molecule has 9 nitrogen and oxygen atoms in total. The van der Waals surface area contributed by atoms with E-state index >= 15 is 0 Å². The molecule has 240 valence electrons. The van der Waals surface area contributed by atoms with E-state index in [0.717, 1.165) is 53.0 Å². The Hall–Kier alpha value is -4.28. The maximum absolute atomic E-state index is 13.1. The standard InChI is InChI=1S/C37H42N4O5/c38-41(23-27-9-13-29(14-10-27)32-8-4-5-20-39-32)24-34(42)33(40-37(43)46-36-18-17-35-31(36)19-21-44-35)22-26-11-15-30(16-12-26)45-25-28-6-2-1-3-7-28/h1-16,20,31,33-36,42H,17-19,21-25,38H2,(H,40,43)/t31-,33+,34+,35-,36+/m1/s1. The molecule has 0 unspecified atom stereocenters. The Morgan fingerprint density at radius 3 is 2.46 bits per heavy atom. The average Bonchev–Trinajstić information content (AvgIpc) is 3.70. The van der Waals surface area contributed by atoms with E-state index in [1.807, 2.05) is 97.1 Å². The zero-order chi connectivity index (χ0) is 31.7. The highest BCUT2D eigenvalue weighted by atomic mass is 16.6. The number of ether oxygens (including phenoxy) is 3. The lowest BCUT2D eigenvalue weighted by molar-refractivity contribution is 0.0447. The first-order chi connectivity index (χ1) is 22.5. The normalized spacial score (nSPS) is 20.2. The van der Waals surface area contributed by atoms with Crippen molar-refractivity contribution in [1.82, 2.24) is 15.3 Å². The first-order valence-corrected chi connectivity index (χ1v) is 16.0.